The average Bonchev–Trinajstić information content (AvgIpc) is 2.83. The Hall–Kier alpha value is -1.35. The summed E-state index contributed by atoms with van der Waals surface area (Å²) in [5, 5.41) is 0. The Bertz CT molecular complexity index is 522. The van der Waals surface area contributed by atoms with Crippen molar-refractivity contribution in [2.24, 2.45) is 11.7 Å². The van der Waals surface area contributed by atoms with Crippen LogP contribution in [0.25, 0.3) is 0 Å². The molecule has 22 heavy (non-hydrogen) atoms. The number of amides is 1. The monoisotopic (exact) mass is 302 g/mol. The molecule has 0 aliphatic carbocycles. The Morgan fingerprint density at radius 1 is 1.27 bits per heavy atom. The number of hydrogen-bond donors (Lipinski definition) is 1. The van der Waals surface area contributed by atoms with E-state index < -0.39 is 0 Å². The van der Waals surface area contributed by atoms with Crippen molar-refractivity contribution >= 4 is 11.6 Å². The second kappa shape index (κ2) is 7.28. The SMILES string of the molecule is CCC(N)Cc1ccc2c(c1)CC(C)N2C(=O)C(CC)CC. The summed E-state index contributed by atoms with van der Waals surface area (Å²) in [6, 6.07) is 7.00. The predicted molar refractivity (Wildman–Crippen MR) is 93.1 cm³/mol. The van der Waals surface area contributed by atoms with Gasteiger partial charge in [-0.15, -0.1) is 0 Å². The van der Waals surface area contributed by atoms with Gasteiger partial charge in [0, 0.05) is 23.7 Å². The zero-order chi connectivity index (χ0) is 16.3. The molecule has 2 unspecified atom stereocenters. The van der Waals surface area contributed by atoms with Crippen LogP contribution in [0.3, 0.4) is 0 Å². The third-order valence-corrected chi connectivity index (χ3v) is 4.95. The average molecular weight is 302 g/mol. The van der Waals surface area contributed by atoms with Gasteiger partial charge in [-0.05, 0) is 56.2 Å². The third kappa shape index (κ3) is 3.35. The van der Waals surface area contributed by atoms with Crippen LogP contribution in [0, 0.1) is 5.92 Å². The van der Waals surface area contributed by atoms with E-state index in [1.54, 1.807) is 0 Å². The molecule has 1 aliphatic heterocycles. The lowest BCUT2D eigenvalue weighted by Gasteiger charge is -2.27. The van der Waals surface area contributed by atoms with Gasteiger partial charge in [-0.2, -0.15) is 0 Å². The van der Waals surface area contributed by atoms with E-state index in [4.69, 9.17) is 5.73 Å². The lowest BCUT2D eigenvalue weighted by molar-refractivity contribution is -0.122. The van der Waals surface area contributed by atoms with Crippen LogP contribution in [0.5, 0.6) is 0 Å². The molecule has 0 fully saturated rings. The fourth-order valence-electron chi connectivity index (χ4n) is 3.43. The number of anilines is 1. The van der Waals surface area contributed by atoms with Gasteiger partial charge in [0.1, 0.15) is 0 Å². The zero-order valence-electron chi connectivity index (χ0n) is 14.4. The Morgan fingerprint density at radius 3 is 2.55 bits per heavy atom. The number of rotatable bonds is 6. The van der Waals surface area contributed by atoms with Gasteiger partial charge in [0.05, 0.1) is 0 Å². The molecule has 1 amide bonds. The summed E-state index contributed by atoms with van der Waals surface area (Å²) in [5.41, 5.74) is 9.76. The number of fused-ring (bicyclic) bond motifs is 1. The van der Waals surface area contributed by atoms with Crippen LogP contribution >= 0.6 is 0 Å². The van der Waals surface area contributed by atoms with Gasteiger partial charge in [0.15, 0.2) is 0 Å². The fraction of sp³-hybridized carbons (Fsp3) is 0.632. The van der Waals surface area contributed by atoms with E-state index in [1.165, 1.54) is 11.1 Å². The number of nitrogens with two attached hydrogens (primary N) is 1. The van der Waals surface area contributed by atoms with Gasteiger partial charge in [-0.3, -0.25) is 4.79 Å². The lowest BCUT2D eigenvalue weighted by atomic mass is 10.0. The second-order valence-electron chi connectivity index (χ2n) is 6.61. The van der Waals surface area contributed by atoms with Crippen molar-refractivity contribution in [3.8, 4) is 0 Å². The zero-order valence-corrected chi connectivity index (χ0v) is 14.4. The van der Waals surface area contributed by atoms with E-state index in [0.717, 1.165) is 37.8 Å². The van der Waals surface area contributed by atoms with Crippen molar-refractivity contribution < 1.29 is 4.79 Å². The maximum Gasteiger partial charge on any atom is 0.230 e. The molecule has 0 radical (unpaired) electrons. The van der Waals surface area contributed by atoms with Crippen LogP contribution in [0.1, 0.15) is 58.1 Å². The van der Waals surface area contributed by atoms with Crippen LogP contribution in [0.15, 0.2) is 18.2 Å². The molecule has 2 N–H and O–H groups in total. The quantitative estimate of drug-likeness (QED) is 0.871. The summed E-state index contributed by atoms with van der Waals surface area (Å²) in [7, 11) is 0. The maximum atomic E-state index is 12.8. The highest BCUT2D eigenvalue weighted by Gasteiger charge is 2.33. The molecule has 2 atom stereocenters. The van der Waals surface area contributed by atoms with Gasteiger partial charge >= 0.3 is 0 Å². The van der Waals surface area contributed by atoms with Crippen LogP contribution in [0.2, 0.25) is 0 Å². The van der Waals surface area contributed by atoms with E-state index in [9.17, 15) is 4.79 Å². The molecule has 0 aromatic heterocycles. The van der Waals surface area contributed by atoms with Crippen molar-refractivity contribution in [3.63, 3.8) is 0 Å². The number of carbonyl (C=O) groups excluding carboxylic acids is 1. The first kappa shape index (κ1) is 17.0. The maximum absolute atomic E-state index is 12.8. The van der Waals surface area contributed by atoms with Crippen molar-refractivity contribution in [2.75, 3.05) is 4.90 Å². The molecule has 1 aromatic carbocycles. The smallest absolute Gasteiger partial charge is 0.230 e. The minimum absolute atomic E-state index is 0.140. The molecule has 0 saturated carbocycles. The molecule has 0 saturated heterocycles. The van der Waals surface area contributed by atoms with E-state index in [-0.39, 0.29) is 23.9 Å². The van der Waals surface area contributed by atoms with Gasteiger partial charge in [0.2, 0.25) is 5.91 Å². The fourth-order valence-corrected chi connectivity index (χ4v) is 3.43. The molecular weight excluding hydrogens is 272 g/mol. The van der Waals surface area contributed by atoms with Gasteiger partial charge in [-0.25, -0.2) is 0 Å². The van der Waals surface area contributed by atoms with Crippen LogP contribution < -0.4 is 10.6 Å². The molecule has 1 heterocycles. The Labute approximate surface area is 134 Å². The summed E-state index contributed by atoms with van der Waals surface area (Å²) < 4.78 is 0. The normalized spacial score (nSPS) is 18.6. The summed E-state index contributed by atoms with van der Waals surface area (Å²) >= 11 is 0. The first-order valence-electron chi connectivity index (χ1n) is 8.72. The molecule has 3 nitrogen and oxygen atoms in total. The molecule has 2 rings (SSSR count). The van der Waals surface area contributed by atoms with E-state index >= 15 is 0 Å². The summed E-state index contributed by atoms with van der Waals surface area (Å²) in [4.78, 5) is 14.8. The first-order chi connectivity index (χ1) is 10.5. The predicted octanol–water partition coefficient (Wildman–Crippen LogP) is 3.68. The largest absolute Gasteiger partial charge is 0.327 e. The van der Waals surface area contributed by atoms with Crippen molar-refractivity contribution in [3.05, 3.63) is 29.3 Å². The third-order valence-electron chi connectivity index (χ3n) is 4.95. The van der Waals surface area contributed by atoms with Crippen molar-refractivity contribution in [1.82, 2.24) is 0 Å². The summed E-state index contributed by atoms with van der Waals surface area (Å²) in [6.07, 6.45) is 4.69. The van der Waals surface area contributed by atoms with Crippen molar-refractivity contribution in [2.45, 2.75) is 71.9 Å². The minimum Gasteiger partial charge on any atom is -0.327 e. The highest BCUT2D eigenvalue weighted by molar-refractivity contribution is 5.97. The van der Waals surface area contributed by atoms with E-state index in [0.29, 0.717) is 0 Å². The van der Waals surface area contributed by atoms with Gasteiger partial charge < -0.3 is 10.6 Å². The Morgan fingerprint density at radius 2 is 1.95 bits per heavy atom. The Balaban J connectivity index is 2.24. The molecule has 0 bridgehead atoms. The lowest BCUT2D eigenvalue weighted by Crippen LogP contribution is -2.39. The molecule has 1 aliphatic rings. The summed E-state index contributed by atoms with van der Waals surface area (Å²) in [6.45, 7) is 8.47. The molecule has 122 valence electrons. The minimum atomic E-state index is 0.140. The van der Waals surface area contributed by atoms with Crippen LogP contribution in [-0.4, -0.2) is 18.0 Å². The highest BCUT2D eigenvalue weighted by Crippen LogP contribution is 2.35. The molecule has 3 heteroatoms. The van der Waals surface area contributed by atoms with E-state index in [2.05, 4.69) is 45.9 Å². The second-order valence-corrected chi connectivity index (χ2v) is 6.61. The van der Waals surface area contributed by atoms with Crippen LogP contribution in [0.4, 0.5) is 5.69 Å². The van der Waals surface area contributed by atoms with Crippen LogP contribution in [-0.2, 0) is 17.6 Å². The van der Waals surface area contributed by atoms with Gasteiger partial charge in [-0.1, -0.05) is 32.9 Å². The number of carbonyl (C=O) groups is 1. The number of benzene rings is 1. The summed E-state index contributed by atoms with van der Waals surface area (Å²) in [5.74, 6) is 0.427. The number of nitrogens with zero attached hydrogens (tertiary/aromatic N) is 1. The first-order valence-corrected chi connectivity index (χ1v) is 8.72. The molecule has 1 aromatic rings. The Kier molecular flexibility index (Phi) is 5.63. The van der Waals surface area contributed by atoms with Crippen molar-refractivity contribution in [1.29, 1.82) is 0 Å². The standard InChI is InChI=1S/C19H30N2O/c1-5-15(6-2)19(22)21-13(4)10-16-11-14(8-9-18(16)21)12-17(20)7-3/h8-9,11,13,15,17H,5-7,10,12,20H2,1-4H3. The molecule has 0 spiro atoms. The van der Waals surface area contributed by atoms with Gasteiger partial charge in [0.25, 0.3) is 0 Å². The molecular formula is C19H30N2O. The topological polar surface area (TPSA) is 46.3 Å². The number of hydrogen-bond acceptors (Lipinski definition) is 2. The highest BCUT2D eigenvalue weighted by atomic mass is 16.2. The van der Waals surface area contributed by atoms with E-state index in [1.807, 2.05) is 4.90 Å².